The second-order valence-electron chi connectivity index (χ2n) is 5.39. The summed E-state index contributed by atoms with van der Waals surface area (Å²) in [5, 5.41) is 11.5. The van der Waals surface area contributed by atoms with Crippen LogP contribution in [0.25, 0.3) is 0 Å². The van der Waals surface area contributed by atoms with E-state index in [0.29, 0.717) is 25.9 Å². The molecule has 0 radical (unpaired) electrons. The molecule has 0 spiro atoms. The molecule has 2 fully saturated rings. The number of amides is 4. The second-order valence-corrected chi connectivity index (χ2v) is 5.39. The summed E-state index contributed by atoms with van der Waals surface area (Å²) in [6, 6.07) is -0.560. The molecule has 0 aromatic rings. The maximum Gasteiger partial charge on any atom is 0.325 e. The van der Waals surface area contributed by atoms with Crippen molar-refractivity contribution < 1.29 is 24.3 Å². The van der Waals surface area contributed by atoms with Gasteiger partial charge in [0.15, 0.2) is 0 Å². The molecular formula is C12H17N3O5. The fourth-order valence-corrected chi connectivity index (χ4v) is 2.31. The van der Waals surface area contributed by atoms with Crippen molar-refractivity contribution in [3.63, 3.8) is 0 Å². The standard InChI is InChI=1S/C12H17N3O5/c1-12(10(18)19)2-4-14(5-3-12)9(17)7-15-8(16)6-13-11(15)20/h2-7H2,1H3,(H,13,20)(H,18,19). The van der Waals surface area contributed by atoms with Gasteiger partial charge >= 0.3 is 12.0 Å². The number of carboxylic acids is 1. The Labute approximate surface area is 115 Å². The quantitative estimate of drug-likeness (QED) is 0.663. The van der Waals surface area contributed by atoms with E-state index >= 15 is 0 Å². The molecule has 20 heavy (non-hydrogen) atoms. The Hall–Kier alpha value is -2.12. The van der Waals surface area contributed by atoms with Gasteiger partial charge in [0.1, 0.15) is 6.54 Å². The van der Waals surface area contributed by atoms with Gasteiger partial charge in [-0.15, -0.1) is 0 Å². The molecule has 0 unspecified atom stereocenters. The van der Waals surface area contributed by atoms with Gasteiger partial charge in [-0.25, -0.2) is 4.79 Å². The molecule has 2 aliphatic rings. The lowest BCUT2D eigenvalue weighted by molar-refractivity contribution is -0.153. The molecule has 0 saturated carbocycles. The number of nitrogens with zero attached hydrogens (tertiary/aromatic N) is 2. The molecule has 4 amide bonds. The lowest BCUT2D eigenvalue weighted by Crippen LogP contribution is -2.49. The number of rotatable bonds is 3. The molecule has 0 bridgehead atoms. The number of carbonyl (C=O) groups is 4. The molecule has 110 valence electrons. The van der Waals surface area contributed by atoms with Crippen LogP contribution in [0, 0.1) is 5.41 Å². The Morgan fingerprint density at radius 2 is 1.90 bits per heavy atom. The smallest absolute Gasteiger partial charge is 0.325 e. The van der Waals surface area contributed by atoms with E-state index in [9.17, 15) is 19.2 Å². The molecule has 2 saturated heterocycles. The van der Waals surface area contributed by atoms with Gasteiger partial charge in [0.2, 0.25) is 5.91 Å². The van der Waals surface area contributed by atoms with Gasteiger partial charge in [-0.1, -0.05) is 0 Å². The van der Waals surface area contributed by atoms with Crippen molar-refractivity contribution in [1.29, 1.82) is 0 Å². The zero-order valence-electron chi connectivity index (χ0n) is 11.2. The van der Waals surface area contributed by atoms with Crippen LogP contribution in [0.15, 0.2) is 0 Å². The molecule has 0 atom stereocenters. The monoisotopic (exact) mass is 283 g/mol. The topological polar surface area (TPSA) is 107 Å². The predicted molar refractivity (Wildman–Crippen MR) is 66.7 cm³/mol. The minimum absolute atomic E-state index is 0.0802. The first kappa shape index (κ1) is 14.3. The lowest BCUT2D eigenvalue weighted by atomic mass is 9.80. The fourth-order valence-electron chi connectivity index (χ4n) is 2.31. The largest absolute Gasteiger partial charge is 0.481 e. The molecule has 0 aliphatic carbocycles. The van der Waals surface area contributed by atoms with Gasteiger partial charge < -0.3 is 15.3 Å². The maximum atomic E-state index is 12.0. The fraction of sp³-hybridized carbons (Fsp3) is 0.667. The van der Waals surface area contributed by atoms with Crippen molar-refractivity contribution in [1.82, 2.24) is 15.1 Å². The van der Waals surface area contributed by atoms with Crippen molar-refractivity contribution in [3.05, 3.63) is 0 Å². The van der Waals surface area contributed by atoms with Crippen LogP contribution in [0.4, 0.5) is 4.79 Å². The van der Waals surface area contributed by atoms with Crippen molar-refractivity contribution in [3.8, 4) is 0 Å². The second kappa shape index (κ2) is 5.10. The van der Waals surface area contributed by atoms with Crippen LogP contribution >= 0.6 is 0 Å². The summed E-state index contributed by atoms with van der Waals surface area (Å²) in [7, 11) is 0. The molecule has 8 nitrogen and oxygen atoms in total. The number of likely N-dealkylation sites (tertiary alicyclic amines) is 1. The molecular weight excluding hydrogens is 266 g/mol. The summed E-state index contributed by atoms with van der Waals surface area (Å²) < 4.78 is 0. The predicted octanol–water partition coefficient (Wildman–Crippen LogP) is -0.748. The van der Waals surface area contributed by atoms with Gasteiger partial charge in [0.25, 0.3) is 5.91 Å². The Morgan fingerprint density at radius 3 is 2.35 bits per heavy atom. The van der Waals surface area contributed by atoms with Crippen molar-refractivity contribution >= 4 is 23.8 Å². The highest BCUT2D eigenvalue weighted by Crippen LogP contribution is 2.31. The van der Waals surface area contributed by atoms with Crippen LogP contribution in [0.2, 0.25) is 0 Å². The van der Waals surface area contributed by atoms with Crippen LogP contribution in [-0.2, 0) is 14.4 Å². The minimum Gasteiger partial charge on any atom is -0.481 e. The van der Waals surface area contributed by atoms with Crippen LogP contribution < -0.4 is 5.32 Å². The number of aliphatic carboxylic acids is 1. The molecule has 8 heteroatoms. The van der Waals surface area contributed by atoms with Crippen LogP contribution in [0.5, 0.6) is 0 Å². The van der Waals surface area contributed by atoms with Crippen LogP contribution in [-0.4, -0.2) is 64.9 Å². The average molecular weight is 283 g/mol. The Bertz CT molecular complexity index is 452. The molecule has 2 aliphatic heterocycles. The van der Waals surface area contributed by atoms with Gasteiger partial charge in [-0.2, -0.15) is 0 Å². The summed E-state index contributed by atoms with van der Waals surface area (Å²) in [6.07, 6.45) is 0.739. The lowest BCUT2D eigenvalue weighted by Gasteiger charge is -2.36. The third-order valence-corrected chi connectivity index (χ3v) is 3.97. The average Bonchev–Trinajstić information content (AvgIpc) is 2.71. The van der Waals surface area contributed by atoms with Gasteiger partial charge in [0.05, 0.1) is 12.0 Å². The Morgan fingerprint density at radius 1 is 1.30 bits per heavy atom. The number of carbonyl (C=O) groups excluding carboxylic acids is 3. The maximum absolute atomic E-state index is 12.0. The zero-order valence-corrected chi connectivity index (χ0v) is 11.2. The Kier molecular flexibility index (Phi) is 3.65. The van der Waals surface area contributed by atoms with E-state index in [-0.39, 0.29) is 19.0 Å². The molecule has 2 heterocycles. The summed E-state index contributed by atoms with van der Waals surface area (Å²) >= 11 is 0. The molecule has 0 aromatic carbocycles. The minimum atomic E-state index is -0.862. The summed E-state index contributed by atoms with van der Waals surface area (Å²) in [5.74, 6) is -1.61. The first-order valence-corrected chi connectivity index (χ1v) is 6.43. The molecule has 2 N–H and O–H groups in total. The van der Waals surface area contributed by atoms with E-state index in [1.54, 1.807) is 6.92 Å². The van der Waals surface area contributed by atoms with Crippen LogP contribution in [0.1, 0.15) is 19.8 Å². The summed E-state index contributed by atoms with van der Waals surface area (Å²) in [6.45, 7) is 1.95. The van der Waals surface area contributed by atoms with E-state index in [4.69, 9.17) is 5.11 Å². The SMILES string of the molecule is CC1(C(=O)O)CCN(C(=O)CN2C(=O)CNC2=O)CC1. The van der Waals surface area contributed by atoms with Gasteiger partial charge in [-0.05, 0) is 19.8 Å². The Balaban J connectivity index is 1.91. The van der Waals surface area contributed by atoms with Crippen molar-refractivity contribution in [2.24, 2.45) is 5.41 Å². The van der Waals surface area contributed by atoms with E-state index < -0.39 is 23.3 Å². The first-order chi connectivity index (χ1) is 9.33. The van der Waals surface area contributed by atoms with Crippen molar-refractivity contribution in [2.45, 2.75) is 19.8 Å². The van der Waals surface area contributed by atoms with E-state index in [1.807, 2.05) is 0 Å². The van der Waals surface area contributed by atoms with E-state index in [1.165, 1.54) is 4.90 Å². The third-order valence-electron chi connectivity index (χ3n) is 3.97. The normalized spacial score (nSPS) is 21.9. The van der Waals surface area contributed by atoms with E-state index in [2.05, 4.69) is 5.32 Å². The molecule has 0 aromatic heterocycles. The highest BCUT2D eigenvalue weighted by Gasteiger charge is 2.39. The number of imide groups is 1. The van der Waals surface area contributed by atoms with Gasteiger partial charge in [0, 0.05) is 13.1 Å². The van der Waals surface area contributed by atoms with Crippen LogP contribution in [0.3, 0.4) is 0 Å². The van der Waals surface area contributed by atoms with E-state index in [0.717, 1.165) is 4.90 Å². The number of nitrogens with one attached hydrogen (secondary N) is 1. The first-order valence-electron chi connectivity index (χ1n) is 6.43. The number of piperidine rings is 1. The third kappa shape index (κ3) is 2.59. The van der Waals surface area contributed by atoms with Crippen molar-refractivity contribution in [2.75, 3.05) is 26.2 Å². The number of carboxylic acid groups (broad SMARTS) is 1. The van der Waals surface area contributed by atoms with Gasteiger partial charge in [-0.3, -0.25) is 19.3 Å². The zero-order chi connectivity index (χ0) is 14.9. The summed E-state index contributed by atoms with van der Waals surface area (Å²) in [5.41, 5.74) is -0.808. The highest BCUT2D eigenvalue weighted by molar-refractivity contribution is 6.04. The highest BCUT2D eigenvalue weighted by atomic mass is 16.4. The summed E-state index contributed by atoms with van der Waals surface area (Å²) in [4.78, 5) is 48.3. The molecule has 2 rings (SSSR count). The number of urea groups is 1. The number of hydrogen-bond donors (Lipinski definition) is 2. The number of hydrogen-bond acceptors (Lipinski definition) is 4.